The van der Waals surface area contributed by atoms with Crippen LogP contribution in [-0.2, 0) is 9.31 Å². The Hall–Kier alpha value is -0.795. The highest BCUT2D eigenvalue weighted by Gasteiger charge is 2.51. The van der Waals surface area contributed by atoms with Crippen LogP contribution >= 0.6 is 0 Å². The molecule has 0 bridgehead atoms. The van der Waals surface area contributed by atoms with E-state index in [1.807, 2.05) is 13.8 Å². The summed E-state index contributed by atoms with van der Waals surface area (Å²) in [5.41, 5.74) is 1.81. The zero-order chi connectivity index (χ0) is 14.0. The monoisotopic (exact) mass is 248 g/mol. The summed E-state index contributed by atoms with van der Waals surface area (Å²) in [5, 5.41) is 0. The van der Waals surface area contributed by atoms with Crippen molar-refractivity contribution in [3.63, 3.8) is 0 Å². The molecule has 0 saturated carbocycles. The van der Waals surface area contributed by atoms with Gasteiger partial charge in [-0.3, -0.25) is 0 Å². The highest BCUT2D eigenvalue weighted by atomic mass is 16.7. The lowest BCUT2D eigenvalue weighted by Gasteiger charge is -2.32. The SMILES string of the molecule is CC.Cc1ccc(B2OC(C)(C)C(C)(C)O2)cc1. The molecule has 0 atom stereocenters. The van der Waals surface area contributed by atoms with Crippen LogP contribution in [0.1, 0.15) is 47.1 Å². The second-order valence-electron chi connectivity index (χ2n) is 5.50. The first-order valence-corrected chi connectivity index (χ1v) is 6.74. The van der Waals surface area contributed by atoms with Gasteiger partial charge in [-0.15, -0.1) is 0 Å². The maximum atomic E-state index is 5.97. The maximum Gasteiger partial charge on any atom is 0.494 e. The summed E-state index contributed by atoms with van der Waals surface area (Å²) in [6, 6.07) is 8.30. The van der Waals surface area contributed by atoms with Gasteiger partial charge in [0.15, 0.2) is 0 Å². The minimum absolute atomic E-state index is 0.245. The molecule has 2 nitrogen and oxygen atoms in total. The predicted molar refractivity (Wildman–Crippen MR) is 78.2 cm³/mol. The summed E-state index contributed by atoms with van der Waals surface area (Å²) >= 11 is 0. The molecule has 1 aliphatic heterocycles. The largest absolute Gasteiger partial charge is 0.494 e. The van der Waals surface area contributed by atoms with Gasteiger partial charge in [-0.05, 0) is 40.1 Å². The molecule has 1 saturated heterocycles. The average molecular weight is 248 g/mol. The molecule has 18 heavy (non-hydrogen) atoms. The van der Waals surface area contributed by atoms with Crippen LogP contribution in [0.5, 0.6) is 0 Å². The van der Waals surface area contributed by atoms with Gasteiger partial charge in [0.2, 0.25) is 0 Å². The minimum atomic E-state index is -0.261. The molecule has 0 unspecified atom stereocenters. The van der Waals surface area contributed by atoms with E-state index in [0.29, 0.717) is 0 Å². The van der Waals surface area contributed by atoms with Gasteiger partial charge < -0.3 is 9.31 Å². The number of aryl methyl sites for hydroxylation is 1. The third-order valence-electron chi connectivity index (χ3n) is 3.60. The van der Waals surface area contributed by atoms with E-state index in [2.05, 4.69) is 58.9 Å². The predicted octanol–water partition coefficient (Wildman–Crippen LogP) is 3.32. The minimum Gasteiger partial charge on any atom is -0.399 e. The van der Waals surface area contributed by atoms with E-state index < -0.39 is 0 Å². The van der Waals surface area contributed by atoms with Crippen molar-refractivity contribution in [1.82, 2.24) is 0 Å². The van der Waals surface area contributed by atoms with E-state index in [1.165, 1.54) is 5.56 Å². The molecular formula is C15H25BO2. The first-order chi connectivity index (χ1) is 8.32. The fraction of sp³-hybridized carbons (Fsp3) is 0.600. The third-order valence-corrected chi connectivity index (χ3v) is 3.60. The van der Waals surface area contributed by atoms with Gasteiger partial charge in [-0.1, -0.05) is 43.7 Å². The average Bonchev–Trinajstić information content (AvgIpc) is 2.52. The van der Waals surface area contributed by atoms with Crippen molar-refractivity contribution >= 4 is 12.6 Å². The van der Waals surface area contributed by atoms with Crippen molar-refractivity contribution in [2.45, 2.75) is 59.7 Å². The Morgan fingerprint density at radius 3 is 1.61 bits per heavy atom. The van der Waals surface area contributed by atoms with Gasteiger partial charge in [0, 0.05) is 0 Å². The Kier molecular flexibility index (Phi) is 4.63. The van der Waals surface area contributed by atoms with E-state index in [1.54, 1.807) is 0 Å². The fourth-order valence-corrected chi connectivity index (χ4v) is 1.70. The third kappa shape index (κ3) is 2.96. The molecule has 1 heterocycles. The van der Waals surface area contributed by atoms with Crippen LogP contribution < -0.4 is 5.46 Å². The number of rotatable bonds is 1. The molecule has 100 valence electrons. The molecule has 1 aliphatic rings. The van der Waals surface area contributed by atoms with E-state index in [4.69, 9.17) is 9.31 Å². The van der Waals surface area contributed by atoms with Crippen LogP contribution in [0.15, 0.2) is 24.3 Å². The molecule has 0 aromatic heterocycles. The van der Waals surface area contributed by atoms with Crippen molar-refractivity contribution < 1.29 is 9.31 Å². The standard InChI is InChI=1S/C13H19BO2.C2H6/c1-10-6-8-11(9-7-10)14-15-12(2,3)13(4,5)16-14;1-2/h6-9H,1-5H3;1-2H3. The zero-order valence-electron chi connectivity index (χ0n) is 12.7. The molecule has 1 fully saturated rings. The highest BCUT2D eigenvalue weighted by molar-refractivity contribution is 6.62. The quantitative estimate of drug-likeness (QED) is 0.710. The number of hydrogen-bond acceptors (Lipinski definition) is 2. The van der Waals surface area contributed by atoms with Crippen molar-refractivity contribution in [2.75, 3.05) is 0 Å². The van der Waals surface area contributed by atoms with Crippen LogP contribution in [0, 0.1) is 6.92 Å². The van der Waals surface area contributed by atoms with Crippen LogP contribution in [-0.4, -0.2) is 18.3 Å². The Balaban J connectivity index is 0.000000771. The van der Waals surface area contributed by atoms with Crippen LogP contribution in [0.3, 0.4) is 0 Å². The van der Waals surface area contributed by atoms with Gasteiger partial charge >= 0.3 is 7.12 Å². The molecule has 0 spiro atoms. The first-order valence-electron chi connectivity index (χ1n) is 6.74. The number of hydrogen-bond donors (Lipinski definition) is 0. The molecule has 0 N–H and O–H groups in total. The van der Waals surface area contributed by atoms with Gasteiger partial charge in [-0.25, -0.2) is 0 Å². The van der Waals surface area contributed by atoms with Gasteiger partial charge in [0.1, 0.15) is 0 Å². The molecule has 0 radical (unpaired) electrons. The smallest absolute Gasteiger partial charge is 0.399 e. The van der Waals surface area contributed by atoms with Crippen LogP contribution in [0.4, 0.5) is 0 Å². The molecule has 2 rings (SSSR count). The summed E-state index contributed by atoms with van der Waals surface area (Å²) in [7, 11) is -0.245. The second-order valence-corrected chi connectivity index (χ2v) is 5.50. The Morgan fingerprint density at radius 2 is 1.22 bits per heavy atom. The Labute approximate surface area is 112 Å². The second kappa shape index (κ2) is 5.46. The van der Waals surface area contributed by atoms with Gasteiger partial charge in [0.05, 0.1) is 11.2 Å². The lowest BCUT2D eigenvalue weighted by atomic mass is 9.79. The molecule has 1 aromatic rings. The molecule has 3 heteroatoms. The summed E-state index contributed by atoms with van der Waals surface area (Å²) in [6.45, 7) is 14.4. The Morgan fingerprint density at radius 1 is 0.833 bits per heavy atom. The molecule has 1 aromatic carbocycles. The van der Waals surface area contributed by atoms with E-state index in [-0.39, 0.29) is 18.3 Å². The van der Waals surface area contributed by atoms with Crippen molar-refractivity contribution in [3.8, 4) is 0 Å². The maximum absolute atomic E-state index is 5.97. The summed E-state index contributed by atoms with van der Waals surface area (Å²) < 4.78 is 11.9. The van der Waals surface area contributed by atoms with E-state index in [0.717, 1.165) is 5.46 Å². The summed E-state index contributed by atoms with van der Waals surface area (Å²) in [6.07, 6.45) is 0. The first kappa shape index (κ1) is 15.3. The normalized spacial score (nSPS) is 20.3. The van der Waals surface area contributed by atoms with E-state index >= 15 is 0 Å². The molecule has 0 amide bonds. The highest BCUT2D eigenvalue weighted by Crippen LogP contribution is 2.36. The van der Waals surface area contributed by atoms with Crippen LogP contribution in [0.2, 0.25) is 0 Å². The van der Waals surface area contributed by atoms with Crippen molar-refractivity contribution in [1.29, 1.82) is 0 Å². The van der Waals surface area contributed by atoms with Gasteiger partial charge in [0.25, 0.3) is 0 Å². The van der Waals surface area contributed by atoms with Gasteiger partial charge in [-0.2, -0.15) is 0 Å². The fourth-order valence-electron chi connectivity index (χ4n) is 1.70. The zero-order valence-corrected chi connectivity index (χ0v) is 12.7. The lowest BCUT2D eigenvalue weighted by Crippen LogP contribution is -2.41. The molecule has 0 aliphatic carbocycles. The van der Waals surface area contributed by atoms with Crippen molar-refractivity contribution in [3.05, 3.63) is 29.8 Å². The topological polar surface area (TPSA) is 18.5 Å². The summed E-state index contributed by atoms with van der Waals surface area (Å²) in [5.74, 6) is 0. The number of benzene rings is 1. The Bertz CT molecular complexity index is 366. The molecular weight excluding hydrogens is 223 g/mol. The van der Waals surface area contributed by atoms with Crippen LogP contribution in [0.25, 0.3) is 0 Å². The lowest BCUT2D eigenvalue weighted by molar-refractivity contribution is 0.00578. The summed E-state index contributed by atoms with van der Waals surface area (Å²) in [4.78, 5) is 0. The van der Waals surface area contributed by atoms with E-state index in [9.17, 15) is 0 Å². The van der Waals surface area contributed by atoms with Crippen molar-refractivity contribution in [2.24, 2.45) is 0 Å².